The number of aromatic nitrogens is 3. The predicted octanol–water partition coefficient (Wildman–Crippen LogP) is 3.40. The maximum Gasteiger partial charge on any atom is 0.350 e. The first-order valence-corrected chi connectivity index (χ1v) is 8.32. The molecule has 0 fully saturated rings. The van der Waals surface area contributed by atoms with Crippen molar-refractivity contribution in [2.45, 2.75) is 19.8 Å². The average molecular weight is 385 g/mol. The molecule has 2 aromatic heterocycles. The lowest BCUT2D eigenvalue weighted by atomic mass is 10.1. The van der Waals surface area contributed by atoms with Crippen molar-refractivity contribution < 1.29 is 18.4 Å². The van der Waals surface area contributed by atoms with Gasteiger partial charge in [0, 0.05) is 40.6 Å². The number of nitrogens with one attached hydrogen (secondary N) is 3. The van der Waals surface area contributed by atoms with E-state index in [2.05, 4.69) is 25.8 Å². The Morgan fingerprint density at radius 2 is 1.68 bits per heavy atom. The zero-order valence-electron chi connectivity index (χ0n) is 15.1. The predicted molar refractivity (Wildman–Crippen MR) is 99.2 cm³/mol. The van der Waals surface area contributed by atoms with Gasteiger partial charge in [-0.3, -0.25) is 19.7 Å². The minimum absolute atomic E-state index is 0.117. The van der Waals surface area contributed by atoms with Crippen molar-refractivity contribution in [1.29, 1.82) is 0 Å². The number of halogens is 2. The second-order valence-electron chi connectivity index (χ2n) is 6.12. The topological polar surface area (TPSA) is 99.8 Å². The van der Waals surface area contributed by atoms with Crippen LogP contribution in [0.2, 0.25) is 0 Å². The summed E-state index contributed by atoms with van der Waals surface area (Å²) in [5, 5.41) is 11.4. The van der Waals surface area contributed by atoms with Crippen LogP contribution in [0.5, 0.6) is 0 Å². The van der Waals surface area contributed by atoms with Gasteiger partial charge in [0.2, 0.25) is 0 Å². The number of H-pyrrole nitrogens is 1. The smallest absolute Gasteiger partial charge is 0.321 e. The minimum Gasteiger partial charge on any atom is -0.321 e. The van der Waals surface area contributed by atoms with Crippen LogP contribution in [0.3, 0.4) is 0 Å². The van der Waals surface area contributed by atoms with E-state index < -0.39 is 23.3 Å². The number of pyridine rings is 1. The van der Waals surface area contributed by atoms with Gasteiger partial charge in [-0.1, -0.05) is 6.07 Å². The number of aromatic amines is 1. The van der Waals surface area contributed by atoms with E-state index in [0.717, 1.165) is 17.8 Å². The molecule has 0 unspecified atom stereocenters. The van der Waals surface area contributed by atoms with Crippen molar-refractivity contribution in [2.75, 3.05) is 10.6 Å². The fourth-order valence-corrected chi connectivity index (χ4v) is 2.47. The molecule has 2 heterocycles. The van der Waals surface area contributed by atoms with E-state index in [1.54, 1.807) is 19.9 Å². The number of rotatable bonds is 5. The van der Waals surface area contributed by atoms with Crippen LogP contribution in [0.1, 0.15) is 27.3 Å². The summed E-state index contributed by atoms with van der Waals surface area (Å²) in [6, 6.07) is 8.07. The molecule has 2 amide bonds. The Labute approximate surface area is 159 Å². The first-order chi connectivity index (χ1) is 13.3. The highest BCUT2D eigenvalue weighted by molar-refractivity contribution is 6.04. The second-order valence-corrected chi connectivity index (χ2v) is 6.12. The van der Waals surface area contributed by atoms with Crippen molar-refractivity contribution in [3.05, 3.63) is 71.3 Å². The Bertz CT molecular complexity index is 1020. The summed E-state index contributed by atoms with van der Waals surface area (Å²) in [5.41, 5.74) is 1.69. The number of anilines is 2. The molecule has 3 N–H and O–H groups in total. The van der Waals surface area contributed by atoms with E-state index in [4.69, 9.17) is 0 Å². The minimum atomic E-state index is -3.73. The Balaban J connectivity index is 1.74. The van der Waals surface area contributed by atoms with E-state index in [-0.39, 0.29) is 11.4 Å². The largest absolute Gasteiger partial charge is 0.350 e. The van der Waals surface area contributed by atoms with Crippen LogP contribution < -0.4 is 10.6 Å². The van der Waals surface area contributed by atoms with E-state index >= 15 is 0 Å². The first-order valence-electron chi connectivity index (χ1n) is 8.32. The monoisotopic (exact) mass is 385 g/mol. The fraction of sp³-hybridized carbons (Fsp3) is 0.158. The van der Waals surface area contributed by atoms with E-state index in [9.17, 15) is 18.4 Å². The maximum atomic E-state index is 14.3. The number of carbonyl (C=O) groups is 2. The average Bonchev–Trinajstić information content (AvgIpc) is 3.01. The Kier molecular flexibility index (Phi) is 5.16. The Morgan fingerprint density at radius 3 is 2.29 bits per heavy atom. The normalized spacial score (nSPS) is 11.1. The third-order valence-electron chi connectivity index (χ3n) is 4.17. The van der Waals surface area contributed by atoms with Gasteiger partial charge in [0.15, 0.2) is 5.69 Å². The molecule has 3 rings (SSSR count). The van der Waals surface area contributed by atoms with Crippen LogP contribution in [-0.2, 0) is 10.7 Å². The Hall–Kier alpha value is -3.62. The number of hydrogen-bond donors (Lipinski definition) is 3. The van der Waals surface area contributed by atoms with Gasteiger partial charge in [-0.05, 0) is 44.2 Å². The highest BCUT2D eigenvalue weighted by Gasteiger charge is 2.40. The third kappa shape index (κ3) is 3.88. The van der Waals surface area contributed by atoms with Crippen LogP contribution in [0.4, 0.5) is 20.2 Å². The van der Waals surface area contributed by atoms with E-state index in [1.807, 2.05) is 0 Å². The van der Waals surface area contributed by atoms with Gasteiger partial charge in [0.1, 0.15) is 0 Å². The molecule has 0 atom stereocenters. The molecule has 144 valence electrons. The number of carbonyl (C=O) groups excluding carboxylic acids is 2. The van der Waals surface area contributed by atoms with Crippen molar-refractivity contribution in [3.63, 3.8) is 0 Å². The molecule has 0 spiro atoms. The number of amides is 2. The molecule has 0 radical (unpaired) electrons. The van der Waals surface area contributed by atoms with Crippen molar-refractivity contribution in [2.24, 2.45) is 0 Å². The molecule has 1 aromatic carbocycles. The van der Waals surface area contributed by atoms with Gasteiger partial charge in [0.05, 0.1) is 0 Å². The van der Waals surface area contributed by atoms with Crippen LogP contribution in [0.15, 0.2) is 48.8 Å². The lowest BCUT2D eigenvalue weighted by Crippen LogP contribution is -2.32. The molecule has 0 aliphatic rings. The standard InChI is InChI=1S/C19H17F2N5O2/c1-11-12(2)25-26-16(11)17(27)23-14-4-3-5-15(10-14)24-18(28)19(20,21)13-6-8-22-9-7-13/h3-10H,1-2H3,(H,23,27)(H,24,28)(H,25,26). The zero-order valence-corrected chi connectivity index (χ0v) is 15.1. The quantitative estimate of drug-likeness (QED) is 0.627. The van der Waals surface area contributed by atoms with Crippen LogP contribution in [0, 0.1) is 13.8 Å². The van der Waals surface area contributed by atoms with Crippen LogP contribution >= 0.6 is 0 Å². The highest BCUT2D eigenvalue weighted by atomic mass is 19.3. The summed E-state index contributed by atoms with van der Waals surface area (Å²) in [6.45, 7) is 3.55. The second kappa shape index (κ2) is 7.55. The molecule has 0 aliphatic carbocycles. The van der Waals surface area contributed by atoms with E-state index in [1.165, 1.54) is 30.6 Å². The van der Waals surface area contributed by atoms with Crippen molar-refractivity contribution in [3.8, 4) is 0 Å². The van der Waals surface area contributed by atoms with Gasteiger partial charge >= 0.3 is 5.92 Å². The van der Waals surface area contributed by atoms with Crippen LogP contribution in [-0.4, -0.2) is 27.0 Å². The number of aryl methyl sites for hydroxylation is 1. The molecule has 9 heteroatoms. The zero-order chi connectivity index (χ0) is 20.3. The lowest BCUT2D eigenvalue weighted by Gasteiger charge is -2.16. The number of hydrogen-bond acceptors (Lipinski definition) is 4. The van der Waals surface area contributed by atoms with Crippen molar-refractivity contribution in [1.82, 2.24) is 15.2 Å². The number of nitrogens with zero attached hydrogens (tertiary/aromatic N) is 2. The summed E-state index contributed by atoms with van der Waals surface area (Å²) in [7, 11) is 0. The molecule has 0 aliphatic heterocycles. The summed E-state index contributed by atoms with van der Waals surface area (Å²) in [5.74, 6) is -5.67. The fourth-order valence-electron chi connectivity index (χ4n) is 2.47. The summed E-state index contributed by atoms with van der Waals surface area (Å²) in [4.78, 5) is 28.0. The lowest BCUT2D eigenvalue weighted by molar-refractivity contribution is -0.140. The van der Waals surface area contributed by atoms with Gasteiger partial charge in [-0.15, -0.1) is 0 Å². The third-order valence-corrected chi connectivity index (χ3v) is 4.17. The molecular formula is C19H17F2N5O2. The van der Waals surface area contributed by atoms with Crippen molar-refractivity contribution >= 4 is 23.2 Å². The summed E-state index contributed by atoms with van der Waals surface area (Å²) >= 11 is 0. The maximum absolute atomic E-state index is 14.3. The molecule has 0 saturated carbocycles. The molecule has 7 nitrogen and oxygen atoms in total. The molecule has 28 heavy (non-hydrogen) atoms. The molecular weight excluding hydrogens is 368 g/mol. The molecule has 3 aromatic rings. The first kappa shape index (κ1) is 19.2. The SMILES string of the molecule is Cc1[nH]nc(C(=O)Nc2cccc(NC(=O)C(F)(F)c3ccncc3)c2)c1C. The summed E-state index contributed by atoms with van der Waals surface area (Å²) in [6.07, 6.45) is 2.37. The highest BCUT2D eigenvalue weighted by Crippen LogP contribution is 2.29. The van der Waals surface area contributed by atoms with Gasteiger partial charge in [-0.25, -0.2) is 0 Å². The number of benzene rings is 1. The number of alkyl halides is 2. The molecule has 0 bridgehead atoms. The molecule has 0 saturated heterocycles. The van der Waals surface area contributed by atoms with E-state index in [0.29, 0.717) is 11.3 Å². The Morgan fingerprint density at radius 1 is 1.04 bits per heavy atom. The summed E-state index contributed by atoms with van der Waals surface area (Å²) < 4.78 is 28.6. The van der Waals surface area contributed by atoms with Gasteiger partial charge < -0.3 is 10.6 Å². The van der Waals surface area contributed by atoms with Crippen LogP contribution in [0.25, 0.3) is 0 Å². The van der Waals surface area contributed by atoms with Gasteiger partial charge in [0.25, 0.3) is 11.8 Å². The van der Waals surface area contributed by atoms with Gasteiger partial charge in [-0.2, -0.15) is 13.9 Å².